The summed E-state index contributed by atoms with van der Waals surface area (Å²) in [6.07, 6.45) is 6.12. The van der Waals surface area contributed by atoms with E-state index in [2.05, 4.69) is 15.2 Å². The molecule has 0 aliphatic carbocycles. The fourth-order valence-corrected chi connectivity index (χ4v) is 4.55. The molecule has 1 fully saturated rings. The number of likely N-dealkylation sites (tertiary alicyclic amines) is 1. The molecule has 1 amide bonds. The second kappa shape index (κ2) is 9.22. The first-order chi connectivity index (χ1) is 14.2. The van der Waals surface area contributed by atoms with E-state index in [1.807, 2.05) is 60.3 Å². The molecule has 0 bridgehead atoms. The molecule has 2 aromatic heterocycles. The Morgan fingerprint density at radius 3 is 2.86 bits per heavy atom. The number of piperidine rings is 1. The highest BCUT2D eigenvalue weighted by Gasteiger charge is 2.28. The zero-order valence-electron chi connectivity index (χ0n) is 16.7. The molecule has 1 unspecified atom stereocenters. The van der Waals surface area contributed by atoms with Crippen LogP contribution >= 0.6 is 11.3 Å². The van der Waals surface area contributed by atoms with E-state index < -0.39 is 0 Å². The second-order valence-corrected chi connectivity index (χ2v) is 8.71. The van der Waals surface area contributed by atoms with E-state index in [4.69, 9.17) is 4.74 Å². The van der Waals surface area contributed by atoms with Gasteiger partial charge in [-0.15, -0.1) is 16.4 Å². The van der Waals surface area contributed by atoms with Crippen LogP contribution in [0.3, 0.4) is 0 Å². The maximum atomic E-state index is 12.9. The zero-order chi connectivity index (χ0) is 20.1. The third-order valence-corrected chi connectivity index (χ3v) is 6.24. The van der Waals surface area contributed by atoms with E-state index in [0.717, 1.165) is 48.7 Å². The van der Waals surface area contributed by atoms with Gasteiger partial charge in [0.05, 0.1) is 11.1 Å². The molecule has 4 rings (SSSR count). The molecule has 152 valence electrons. The second-order valence-electron chi connectivity index (χ2n) is 7.42. The minimum Gasteiger partial charge on any atom is -0.487 e. The quantitative estimate of drug-likeness (QED) is 0.582. The average Bonchev–Trinajstić information content (AvgIpc) is 3.40. The van der Waals surface area contributed by atoms with Crippen LogP contribution in [0.5, 0.6) is 5.75 Å². The van der Waals surface area contributed by atoms with Gasteiger partial charge in [-0.05, 0) is 56.9 Å². The van der Waals surface area contributed by atoms with Crippen molar-refractivity contribution >= 4 is 17.2 Å². The number of hydrogen-bond donors (Lipinski definition) is 0. The molecule has 1 aromatic carbocycles. The van der Waals surface area contributed by atoms with Crippen LogP contribution in [0.15, 0.2) is 48.7 Å². The first-order valence-electron chi connectivity index (χ1n) is 10.1. The molecule has 0 N–H and O–H groups in total. The summed E-state index contributed by atoms with van der Waals surface area (Å²) >= 11 is 1.58. The fraction of sp³-hybridized carbons (Fsp3) is 0.409. The minimum atomic E-state index is 0.170. The van der Waals surface area contributed by atoms with Crippen molar-refractivity contribution in [3.8, 4) is 5.75 Å². The van der Waals surface area contributed by atoms with Crippen molar-refractivity contribution in [2.24, 2.45) is 0 Å². The highest BCUT2D eigenvalue weighted by atomic mass is 32.1. The lowest BCUT2D eigenvalue weighted by Gasteiger charge is -2.35. The number of benzene rings is 1. The van der Waals surface area contributed by atoms with E-state index in [-0.39, 0.29) is 11.9 Å². The van der Waals surface area contributed by atoms with Gasteiger partial charge in [-0.2, -0.15) is 0 Å². The summed E-state index contributed by atoms with van der Waals surface area (Å²) in [7, 11) is 0. The third kappa shape index (κ3) is 5.03. The maximum absolute atomic E-state index is 12.9. The minimum absolute atomic E-state index is 0.170. The van der Waals surface area contributed by atoms with E-state index in [1.165, 1.54) is 11.3 Å². The monoisotopic (exact) mass is 410 g/mol. The maximum Gasteiger partial charge on any atom is 0.264 e. The standard InChI is InChI=1S/C22H26N4O2S/c1-17-10-11-21(29-17)22(27)26-13-6-5-7-19(26)12-14-25-15-18(23-24-25)16-28-20-8-3-2-4-9-20/h2-4,8-11,15,19H,5-7,12-14,16H2,1H3. The van der Waals surface area contributed by atoms with Crippen LogP contribution in [-0.2, 0) is 13.2 Å². The van der Waals surface area contributed by atoms with Crippen molar-refractivity contribution in [2.75, 3.05) is 6.54 Å². The SMILES string of the molecule is Cc1ccc(C(=O)N2CCCCC2CCn2cc(COc3ccccc3)nn2)s1. The van der Waals surface area contributed by atoms with Crippen molar-refractivity contribution in [1.82, 2.24) is 19.9 Å². The Hall–Kier alpha value is -2.67. The van der Waals surface area contributed by atoms with Gasteiger partial charge >= 0.3 is 0 Å². The van der Waals surface area contributed by atoms with Gasteiger partial charge in [0.2, 0.25) is 0 Å². The number of para-hydroxylation sites is 1. The molecule has 1 aliphatic heterocycles. The number of carbonyl (C=O) groups is 1. The molecule has 1 saturated heterocycles. The number of aryl methyl sites for hydroxylation is 2. The van der Waals surface area contributed by atoms with Gasteiger partial charge in [-0.3, -0.25) is 9.48 Å². The molecule has 3 aromatic rings. The predicted octanol–water partition coefficient (Wildman–Crippen LogP) is 4.31. The first kappa shape index (κ1) is 19.6. The number of nitrogens with zero attached hydrogens (tertiary/aromatic N) is 4. The van der Waals surface area contributed by atoms with Crippen LogP contribution < -0.4 is 4.74 Å². The number of aromatic nitrogens is 3. The van der Waals surface area contributed by atoms with Crippen molar-refractivity contribution in [2.45, 2.75) is 51.8 Å². The van der Waals surface area contributed by atoms with Crippen LogP contribution in [0.25, 0.3) is 0 Å². The Bertz CT molecular complexity index is 937. The summed E-state index contributed by atoms with van der Waals surface area (Å²) < 4.78 is 7.59. The summed E-state index contributed by atoms with van der Waals surface area (Å²) in [4.78, 5) is 17.0. The number of rotatable bonds is 7. The van der Waals surface area contributed by atoms with Crippen LogP contribution in [0, 0.1) is 6.92 Å². The summed E-state index contributed by atoms with van der Waals surface area (Å²) in [6, 6.07) is 13.9. The molecular formula is C22H26N4O2S. The van der Waals surface area contributed by atoms with Gasteiger partial charge in [0.1, 0.15) is 18.1 Å². The lowest BCUT2D eigenvalue weighted by Crippen LogP contribution is -2.44. The lowest BCUT2D eigenvalue weighted by molar-refractivity contribution is 0.0599. The summed E-state index contributed by atoms with van der Waals surface area (Å²) in [5, 5.41) is 8.44. The van der Waals surface area contributed by atoms with E-state index >= 15 is 0 Å². The lowest BCUT2D eigenvalue weighted by atomic mass is 9.99. The number of carbonyl (C=O) groups excluding carboxylic acids is 1. The van der Waals surface area contributed by atoms with Crippen molar-refractivity contribution < 1.29 is 9.53 Å². The largest absolute Gasteiger partial charge is 0.487 e. The number of thiophene rings is 1. The van der Waals surface area contributed by atoms with E-state index in [9.17, 15) is 4.79 Å². The number of amides is 1. The van der Waals surface area contributed by atoms with Crippen LogP contribution in [0.2, 0.25) is 0 Å². The number of ether oxygens (including phenoxy) is 1. The predicted molar refractivity (Wildman–Crippen MR) is 113 cm³/mol. The van der Waals surface area contributed by atoms with Crippen molar-refractivity contribution in [3.63, 3.8) is 0 Å². The smallest absolute Gasteiger partial charge is 0.264 e. The van der Waals surface area contributed by atoms with Crippen LogP contribution in [-0.4, -0.2) is 38.4 Å². The highest BCUT2D eigenvalue weighted by molar-refractivity contribution is 7.13. The molecule has 6 nitrogen and oxygen atoms in total. The van der Waals surface area contributed by atoms with Gasteiger partial charge in [-0.25, -0.2) is 0 Å². The van der Waals surface area contributed by atoms with Crippen LogP contribution in [0.1, 0.15) is 45.9 Å². The molecule has 0 radical (unpaired) electrons. The summed E-state index contributed by atoms with van der Waals surface area (Å²) in [6.45, 7) is 4.03. The summed E-state index contributed by atoms with van der Waals surface area (Å²) in [5.41, 5.74) is 0.805. The van der Waals surface area contributed by atoms with E-state index in [0.29, 0.717) is 6.61 Å². The molecule has 1 atom stereocenters. The van der Waals surface area contributed by atoms with Gasteiger partial charge in [-0.1, -0.05) is 23.4 Å². The molecule has 3 heterocycles. The molecule has 0 spiro atoms. The van der Waals surface area contributed by atoms with Gasteiger partial charge in [0, 0.05) is 24.0 Å². The Labute approximate surface area is 175 Å². The van der Waals surface area contributed by atoms with Gasteiger partial charge in [0.25, 0.3) is 5.91 Å². The third-order valence-electron chi connectivity index (χ3n) is 5.25. The Morgan fingerprint density at radius 2 is 2.07 bits per heavy atom. The molecule has 29 heavy (non-hydrogen) atoms. The van der Waals surface area contributed by atoms with Gasteiger partial charge in [0.15, 0.2) is 0 Å². The zero-order valence-corrected chi connectivity index (χ0v) is 17.5. The molecule has 0 saturated carbocycles. The average molecular weight is 411 g/mol. The molecule has 1 aliphatic rings. The molecular weight excluding hydrogens is 384 g/mol. The fourth-order valence-electron chi connectivity index (χ4n) is 3.73. The van der Waals surface area contributed by atoms with Gasteiger partial charge < -0.3 is 9.64 Å². The van der Waals surface area contributed by atoms with Crippen LogP contribution in [0.4, 0.5) is 0 Å². The Balaban J connectivity index is 1.32. The Morgan fingerprint density at radius 1 is 1.21 bits per heavy atom. The van der Waals surface area contributed by atoms with Crippen molar-refractivity contribution in [3.05, 3.63) is 64.1 Å². The Kier molecular flexibility index (Phi) is 6.24. The van der Waals surface area contributed by atoms with E-state index in [1.54, 1.807) is 11.3 Å². The van der Waals surface area contributed by atoms with Crippen molar-refractivity contribution in [1.29, 1.82) is 0 Å². The summed E-state index contributed by atoms with van der Waals surface area (Å²) in [5.74, 6) is 0.991. The number of hydrogen-bond acceptors (Lipinski definition) is 5. The first-order valence-corrected chi connectivity index (χ1v) is 10.9. The normalized spacial score (nSPS) is 16.7. The topological polar surface area (TPSA) is 60.2 Å². The molecule has 7 heteroatoms. The highest BCUT2D eigenvalue weighted by Crippen LogP contribution is 2.25.